The number of hydrogen-bond acceptors (Lipinski definition) is 6. The monoisotopic (exact) mass is 461 g/mol. The highest BCUT2D eigenvalue weighted by Gasteiger charge is 2.21. The van der Waals surface area contributed by atoms with E-state index in [4.69, 9.17) is 14.5 Å². The molecule has 0 saturated carbocycles. The van der Waals surface area contributed by atoms with Gasteiger partial charge in [0.05, 0.1) is 30.5 Å². The number of aryl methyl sites for hydroxylation is 1. The van der Waals surface area contributed by atoms with E-state index in [1.54, 1.807) is 18.4 Å². The Kier molecular flexibility index (Phi) is 8.66. The maximum absolute atomic E-state index is 13.2. The summed E-state index contributed by atoms with van der Waals surface area (Å²) in [7, 11) is 1.65. The number of carbonyl (C=O) groups is 1. The molecule has 31 heavy (non-hydrogen) atoms. The largest absolute Gasteiger partial charge is 0.497 e. The molecule has 1 aliphatic heterocycles. The second kappa shape index (κ2) is 11.4. The summed E-state index contributed by atoms with van der Waals surface area (Å²) in [6, 6.07) is 16.0. The molecule has 2 aromatic carbocycles. The van der Waals surface area contributed by atoms with Gasteiger partial charge in [0.15, 0.2) is 5.13 Å². The van der Waals surface area contributed by atoms with E-state index in [2.05, 4.69) is 17.0 Å². The molecule has 1 aromatic heterocycles. The van der Waals surface area contributed by atoms with Crippen molar-refractivity contribution in [2.75, 3.05) is 51.4 Å². The van der Waals surface area contributed by atoms with Crippen molar-refractivity contribution in [2.45, 2.75) is 12.8 Å². The summed E-state index contributed by atoms with van der Waals surface area (Å²) in [6.45, 7) is 4.77. The molecule has 0 aliphatic carbocycles. The lowest BCUT2D eigenvalue weighted by Crippen LogP contribution is -2.43. The minimum atomic E-state index is 0. The highest BCUT2D eigenvalue weighted by Crippen LogP contribution is 2.31. The van der Waals surface area contributed by atoms with Crippen LogP contribution in [0.15, 0.2) is 48.5 Å². The predicted molar refractivity (Wildman–Crippen MR) is 128 cm³/mol. The number of carbonyl (C=O) groups excluding carboxylic acids is 1. The van der Waals surface area contributed by atoms with Crippen LogP contribution in [0.4, 0.5) is 5.13 Å². The van der Waals surface area contributed by atoms with Gasteiger partial charge in [0.25, 0.3) is 0 Å². The Morgan fingerprint density at radius 3 is 2.71 bits per heavy atom. The number of hydrogen-bond donors (Lipinski definition) is 0. The number of anilines is 1. The summed E-state index contributed by atoms with van der Waals surface area (Å²) in [5, 5.41) is 0.754. The number of aromatic nitrogens is 1. The van der Waals surface area contributed by atoms with E-state index in [1.165, 1.54) is 5.56 Å². The molecule has 1 saturated heterocycles. The van der Waals surface area contributed by atoms with E-state index in [0.29, 0.717) is 13.0 Å². The first-order valence-corrected chi connectivity index (χ1v) is 11.1. The van der Waals surface area contributed by atoms with Gasteiger partial charge in [0.1, 0.15) is 5.75 Å². The molecule has 6 nitrogen and oxygen atoms in total. The van der Waals surface area contributed by atoms with Crippen LogP contribution >= 0.6 is 23.7 Å². The molecule has 0 spiro atoms. The number of rotatable bonds is 8. The number of halogens is 1. The Morgan fingerprint density at radius 1 is 1.19 bits per heavy atom. The molecule has 0 bridgehead atoms. The van der Waals surface area contributed by atoms with Gasteiger partial charge in [0, 0.05) is 38.7 Å². The van der Waals surface area contributed by atoms with Gasteiger partial charge in [-0.3, -0.25) is 14.6 Å². The maximum atomic E-state index is 13.2. The van der Waals surface area contributed by atoms with Gasteiger partial charge in [-0.1, -0.05) is 41.7 Å². The molecule has 3 aromatic rings. The third-order valence-electron chi connectivity index (χ3n) is 5.33. The lowest BCUT2D eigenvalue weighted by atomic mass is 10.1. The highest BCUT2D eigenvalue weighted by molar-refractivity contribution is 7.22. The number of nitrogens with zero attached hydrogens (tertiary/aromatic N) is 3. The van der Waals surface area contributed by atoms with E-state index in [-0.39, 0.29) is 18.3 Å². The van der Waals surface area contributed by atoms with Crippen molar-refractivity contribution < 1.29 is 14.3 Å². The second-order valence-corrected chi connectivity index (χ2v) is 8.32. The number of morpholine rings is 1. The Labute approximate surface area is 193 Å². The van der Waals surface area contributed by atoms with Crippen LogP contribution in [0.2, 0.25) is 0 Å². The van der Waals surface area contributed by atoms with E-state index in [9.17, 15) is 4.79 Å². The predicted octanol–water partition coefficient (Wildman–Crippen LogP) is 4.02. The molecule has 8 heteroatoms. The highest BCUT2D eigenvalue weighted by atomic mass is 35.5. The number of fused-ring (bicyclic) bond motifs is 1. The number of methoxy groups -OCH3 is 1. The number of thiazole rings is 1. The standard InChI is InChI=1S/C23H27N3O3S.ClH/c1-28-19-8-9-21-20(17-19)24-23(30-21)26(12-11-25-13-15-29-16-14-25)22(27)10-7-18-5-3-2-4-6-18;/h2-6,8-9,17H,7,10-16H2,1H3;1H. The van der Waals surface area contributed by atoms with Gasteiger partial charge in [0.2, 0.25) is 5.91 Å². The zero-order chi connectivity index (χ0) is 20.8. The number of benzene rings is 2. The van der Waals surface area contributed by atoms with Gasteiger partial charge in [-0.25, -0.2) is 4.98 Å². The maximum Gasteiger partial charge on any atom is 0.229 e. The normalized spacial score (nSPS) is 14.2. The Hall–Kier alpha value is -2.19. The zero-order valence-electron chi connectivity index (χ0n) is 17.7. The number of ether oxygens (including phenoxy) is 2. The quantitative estimate of drug-likeness (QED) is 0.507. The SMILES string of the molecule is COc1ccc2sc(N(CCN3CCOCC3)C(=O)CCc3ccccc3)nc2c1.Cl. The molecule has 0 atom stereocenters. The minimum Gasteiger partial charge on any atom is -0.497 e. The molecule has 1 fully saturated rings. The van der Waals surface area contributed by atoms with Gasteiger partial charge in [-0.15, -0.1) is 12.4 Å². The molecule has 0 radical (unpaired) electrons. The van der Waals surface area contributed by atoms with Crippen molar-refractivity contribution in [3.05, 3.63) is 54.1 Å². The van der Waals surface area contributed by atoms with Crippen LogP contribution in [-0.4, -0.2) is 62.3 Å². The molecule has 166 valence electrons. The molecular weight excluding hydrogens is 434 g/mol. The van der Waals surface area contributed by atoms with Gasteiger partial charge < -0.3 is 9.47 Å². The molecule has 2 heterocycles. The summed E-state index contributed by atoms with van der Waals surface area (Å²) < 4.78 is 11.8. The molecule has 1 amide bonds. The van der Waals surface area contributed by atoms with Crippen LogP contribution in [0.25, 0.3) is 10.2 Å². The lowest BCUT2D eigenvalue weighted by molar-refractivity contribution is -0.118. The lowest BCUT2D eigenvalue weighted by Gasteiger charge is -2.29. The fourth-order valence-electron chi connectivity index (χ4n) is 3.56. The van der Waals surface area contributed by atoms with Crippen LogP contribution in [0.1, 0.15) is 12.0 Å². The Morgan fingerprint density at radius 2 is 1.97 bits per heavy atom. The summed E-state index contributed by atoms with van der Waals surface area (Å²) >= 11 is 1.56. The zero-order valence-corrected chi connectivity index (χ0v) is 19.3. The van der Waals surface area contributed by atoms with Gasteiger partial charge >= 0.3 is 0 Å². The van der Waals surface area contributed by atoms with Crippen LogP contribution in [-0.2, 0) is 16.0 Å². The average molecular weight is 462 g/mol. The van der Waals surface area contributed by atoms with E-state index < -0.39 is 0 Å². The van der Waals surface area contributed by atoms with Crippen LogP contribution in [0.5, 0.6) is 5.75 Å². The van der Waals surface area contributed by atoms with Crippen molar-refractivity contribution in [3.8, 4) is 5.75 Å². The Bertz CT molecular complexity index is 977. The van der Waals surface area contributed by atoms with Crippen LogP contribution in [0, 0.1) is 0 Å². The second-order valence-electron chi connectivity index (χ2n) is 7.32. The summed E-state index contributed by atoms with van der Waals surface area (Å²) in [5.74, 6) is 0.882. The van der Waals surface area contributed by atoms with Gasteiger partial charge in [-0.05, 0) is 24.1 Å². The third kappa shape index (κ3) is 6.17. The first kappa shape index (κ1) is 23.5. The van der Waals surface area contributed by atoms with Crippen LogP contribution < -0.4 is 9.64 Å². The van der Waals surface area contributed by atoms with E-state index in [0.717, 1.165) is 60.4 Å². The van der Waals surface area contributed by atoms with Crippen molar-refractivity contribution in [2.24, 2.45) is 0 Å². The fraction of sp³-hybridized carbons (Fsp3) is 0.391. The minimum absolute atomic E-state index is 0. The summed E-state index contributed by atoms with van der Waals surface area (Å²) in [4.78, 5) is 22.2. The summed E-state index contributed by atoms with van der Waals surface area (Å²) in [5.41, 5.74) is 2.04. The van der Waals surface area contributed by atoms with Crippen molar-refractivity contribution in [3.63, 3.8) is 0 Å². The van der Waals surface area contributed by atoms with Crippen molar-refractivity contribution in [1.82, 2.24) is 9.88 Å². The van der Waals surface area contributed by atoms with E-state index >= 15 is 0 Å². The molecule has 4 rings (SSSR count). The first-order valence-electron chi connectivity index (χ1n) is 10.3. The summed E-state index contributed by atoms with van der Waals surface area (Å²) in [6.07, 6.45) is 1.19. The first-order chi connectivity index (χ1) is 14.7. The Balaban J connectivity index is 0.00000272. The van der Waals surface area contributed by atoms with Gasteiger partial charge in [-0.2, -0.15) is 0 Å². The van der Waals surface area contributed by atoms with E-state index in [1.807, 2.05) is 41.3 Å². The van der Waals surface area contributed by atoms with Crippen molar-refractivity contribution >= 4 is 45.0 Å². The smallest absolute Gasteiger partial charge is 0.229 e. The fourth-order valence-corrected chi connectivity index (χ4v) is 4.55. The average Bonchev–Trinajstić information content (AvgIpc) is 3.22. The molecule has 1 aliphatic rings. The van der Waals surface area contributed by atoms with Crippen molar-refractivity contribution in [1.29, 1.82) is 0 Å². The van der Waals surface area contributed by atoms with Crippen LogP contribution in [0.3, 0.4) is 0 Å². The molecule has 0 N–H and O–H groups in total. The molecular formula is C23H28ClN3O3S. The number of amides is 1. The molecule has 0 unspecified atom stereocenters. The third-order valence-corrected chi connectivity index (χ3v) is 6.39. The topological polar surface area (TPSA) is 54.9 Å².